The molecule has 22 heavy (non-hydrogen) atoms. The van der Waals surface area contributed by atoms with E-state index in [2.05, 4.69) is 9.88 Å². The number of rotatable bonds is 5. The monoisotopic (exact) mass is 297 g/mol. The van der Waals surface area contributed by atoms with E-state index in [-0.39, 0.29) is 11.8 Å². The predicted molar refractivity (Wildman–Crippen MR) is 82.0 cm³/mol. The second kappa shape index (κ2) is 5.55. The normalized spacial score (nSPS) is 21.3. The number of carbonyl (C=O) groups excluding carboxylic acids is 1. The van der Waals surface area contributed by atoms with Gasteiger partial charge in [0.05, 0.1) is 6.26 Å². The molecule has 0 aromatic carbocycles. The van der Waals surface area contributed by atoms with Gasteiger partial charge in [-0.15, -0.1) is 0 Å². The lowest BCUT2D eigenvalue weighted by molar-refractivity contribution is 0.0947. The Bertz CT molecular complexity index is 664. The van der Waals surface area contributed by atoms with Gasteiger partial charge in [0.25, 0.3) is 0 Å². The van der Waals surface area contributed by atoms with Gasteiger partial charge in [-0.25, -0.2) is 9.97 Å². The molecule has 1 aliphatic carbocycles. The average Bonchev–Trinajstić information content (AvgIpc) is 3.05. The Morgan fingerprint density at radius 1 is 1.32 bits per heavy atom. The van der Waals surface area contributed by atoms with Crippen LogP contribution in [-0.4, -0.2) is 28.3 Å². The lowest BCUT2D eigenvalue weighted by Crippen LogP contribution is -2.32. The minimum absolute atomic E-state index is 0.0679. The fourth-order valence-corrected chi connectivity index (χ4v) is 3.16. The Morgan fingerprint density at radius 2 is 2.23 bits per heavy atom. The second-order valence-electron chi connectivity index (χ2n) is 6.14. The van der Waals surface area contributed by atoms with Gasteiger partial charge in [0, 0.05) is 31.1 Å². The topological polar surface area (TPSA) is 59.2 Å². The maximum absolute atomic E-state index is 12.3. The Balaban J connectivity index is 1.51. The summed E-state index contributed by atoms with van der Waals surface area (Å²) in [4.78, 5) is 23.6. The lowest BCUT2D eigenvalue weighted by atomic mass is 10.1. The summed E-state index contributed by atoms with van der Waals surface area (Å²) in [5, 5.41) is 0. The number of hydrogen-bond acceptors (Lipinski definition) is 5. The summed E-state index contributed by atoms with van der Waals surface area (Å²) < 4.78 is 5.21. The Morgan fingerprint density at radius 3 is 3.00 bits per heavy atom. The molecule has 1 aliphatic heterocycles. The van der Waals surface area contributed by atoms with Gasteiger partial charge in [0.15, 0.2) is 11.5 Å². The highest BCUT2D eigenvalue weighted by Crippen LogP contribution is 2.38. The van der Waals surface area contributed by atoms with E-state index < -0.39 is 0 Å². The maximum Gasteiger partial charge on any atom is 0.200 e. The zero-order valence-corrected chi connectivity index (χ0v) is 12.4. The van der Waals surface area contributed by atoms with Gasteiger partial charge in [-0.05, 0) is 43.9 Å². The third kappa shape index (κ3) is 2.63. The van der Waals surface area contributed by atoms with Crippen molar-refractivity contribution in [2.24, 2.45) is 0 Å². The molecule has 1 saturated carbocycles. The Labute approximate surface area is 129 Å². The third-order valence-corrected chi connectivity index (χ3v) is 4.49. The smallest absolute Gasteiger partial charge is 0.200 e. The van der Waals surface area contributed by atoms with E-state index in [0.717, 1.165) is 31.0 Å². The molecule has 0 unspecified atom stereocenters. The number of Topliss-reactive ketones (excluding diaryl/α,β-unsaturated/α-hetero) is 1. The van der Waals surface area contributed by atoms with Crippen molar-refractivity contribution < 1.29 is 9.21 Å². The summed E-state index contributed by atoms with van der Waals surface area (Å²) in [5.74, 6) is 2.99. The quantitative estimate of drug-likeness (QED) is 0.793. The van der Waals surface area contributed by atoms with Gasteiger partial charge in [0.1, 0.15) is 11.6 Å². The van der Waals surface area contributed by atoms with Crippen molar-refractivity contribution in [2.75, 3.05) is 11.4 Å². The van der Waals surface area contributed by atoms with Crippen molar-refractivity contribution >= 4 is 11.6 Å². The molecule has 0 N–H and O–H groups in total. The summed E-state index contributed by atoms with van der Waals surface area (Å²) in [5.41, 5.74) is 0. The number of nitrogens with zero attached hydrogens (tertiary/aromatic N) is 3. The van der Waals surface area contributed by atoms with Crippen molar-refractivity contribution in [3.8, 4) is 0 Å². The van der Waals surface area contributed by atoms with Crippen LogP contribution >= 0.6 is 0 Å². The van der Waals surface area contributed by atoms with E-state index in [1.165, 1.54) is 12.8 Å². The highest BCUT2D eigenvalue weighted by molar-refractivity contribution is 5.94. The first-order valence-corrected chi connectivity index (χ1v) is 7.97. The molecular weight excluding hydrogens is 278 g/mol. The number of hydrogen-bond donors (Lipinski definition) is 0. The predicted octanol–water partition coefficient (Wildman–Crippen LogP) is 3.19. The van der Waals surface area contributed by atoms with Crippen LogP contribution in [0.15, 0.2) is 35.1 Å². The van der Waals surface area contributed by atoms with Crippen LogP contribution in [0.2, 0.25) is 0 Å². The number of anilines is 1. The average molecular weight is 297 g/mol. The van der Waals surface area contributed by atoms with Crippen LogP contribution in [0.25, 0.3) is 0 Å². The van der Waals surface area contributed by atoms with Gasteiger partial charge in [0.2, 0.25) is 0 Å². The fourth-order valence-electron chi connectivity index (χ4n) is 3.16. The van der Waals surface area contributed by atoms with Crippen LogP contribution in [-0.2, 0) is 0 Å². The van der Waals surface area contributed by atoms with E-state index in [1.54, 1.807) is 18.4 Å². The van der Waals surface area contributed by atoms with Crippen LogP contribution in [0.1, 0.15) is 54.4 Å². The van der Waals surface area contributed by atoms with E-state index in [1.807, 2.05) is 12.3 Å². The fraction of sp³-hybridized carbons (Fsp3) is 0.471. The minimum atomic E-state index is 0.0679. The molecule has 2 aliphatic rings. The summed E-state index contributed by atoms with van der Waals surface area (Å²) in [6.07, 6.45) is 8.39. The van der Waals surface area contributed by atoms with E-state index >= 15 is 0 Å². The number of aromatic nitrogens is 2. The molecule has 5 nitrogen and oxygen atoms in total. The van der Waals surface area contributed by atoms with Crippen LogP contribution in [0.5, 0.6) is 0 Å². The largest absolute Gasteiger partial charge is 0.461 e. The highest BCUT2D eigenvalue weighted by atomic mass is 16.3. The van der Waals surface area contributed by atoms with Crippen LogP contribution in [0, 0.1) is 0 Å². The first kappa shape index (κ1) is 13.5. The molecule has 5 heteroatoms. The minimum Gasteiger partial charge on any atom is -0.461 e. The SMILES string of the molecule is O=C(C[C@@H]1CCCN1c1ccnc(C2CC2)n1)c1ccco1. The van der Waals surface area contributed by atoms with E-state index in [4.69, 9.17) is 9.40 Å². The van der Waals surface area contributed by atoms with Gasteiger partial charge >= 0.3 is 0 Å². The van der Waals surface area contributed by atoms with Gasteiger partial charge in [-0.2, -0.15) is 0 Å². The molecule has 3 heterocycles. The number of carbonyl (C=O) groups is 1. The van der Waals surface area contributed by atoms with Crippen LogP contribution < -0.4 is 4.90 Å². The lowest BCUT2D eigenvalue weighted by Gasteiger charge is -2.25. The summed E-state index contributed by atoms with van der Waals surface area (Å²) in [7, 11) is 0. The van der Waals surface area contributed by atoms with Gasteiger partial charge < -0.3 is 9.32 Å². The number of ketones is 1. The Kier molecular flexibility index (Phi) is 3.41. The molecule has 114 valence electrons. The summed E-state index contributed by atoms with van der Waals surface area (Å²) >= 11 is 0. The maximum atomic E-state index is 12.3. The molecule has 2 aromatic heterocycles. The molecular formula is C17H19N3O2. The van der Waals surface area contributed by atoms with E-state index in [0.29, 0.717) is 18.1 Å². The van der Waals surface area contributed by atoms with Crippen molar-refractivity contribution in [2.45, 2.75) is 44.1 Å². The van der Waals surface area contributed by atoms with Crippen molar-refractivity contribution in [3.05, 3.63) is 42.2 Å². The van der Waals surface area contributed by atoms with Crippen LogP contribution in [0.4, 0.5) is 5.82 Å². The van der Waals surface area contributed by atoms with Crippen molar-refractivity contribution in [1.82, 2.24) is 9.97 Å². The van der Waals surface area contributed by atoms with Crippen LogP contribution in [0.3, 0.4) is 0 Å². The molecule has 1 atom stereocenters. The molecule has 2 aromatic rings. The second-order valence-corrected chi connectivity index (χ2v) is 6.14. The molecule has 2 fully saturated rings. The Hall–Kier alpha value is -2.17. The molecule has 1 saturated heterocycles. The zero-order valence-electron chi connectivity index (χ0n) is 12.4. The first-order valence-electron chi connectivity index (χ1n) is 7.97. The third-order valence-electron chi connectivity index (χ3n) is 4.49. The van der Waals surface area contributed by atoms with Gasteiger partial charge in [-0.3, -0.25) is 4.79 Å². The number of furan rings is 1. The highest BCUT2D eigenvalue weighted by Gasteiger charge is 2.31. The van der Waals surface area contributed by atoms with E-state index in [9.17, 15) is 4.79 Å². The molecule has 0 bridgehead atoms. The zero-order chi connectivity index (χ0) is 14.9. The van der Waals surface area contributed by atoms with Gasteiger partial charge in [-0.1, -0.05) is 0 Å². The molecule has 0 spiro atoms. The molecule has 4 rings (SSSR count). The molecule has 0 amide bonds. The summed E-state index contributed by atoms with van der Waals surface area (Å²) in [6, 6.07) is 5.66. The standard InChI is InChI=1S/C17H19N3O2/c21-14(15-4-2-10-22-15)11-13-3-1-9-20(13)16-7-8-18-17(19-16)12-5-6-12/h2,4,7-8,10,12-13H,1,3,5-6,9,11H2/t13-/m0/s1. The molecule has 0 radical (unpaired) electrons. The summed E-state index contributed by atoms with van der Waals surface area (Å²) in [6.45, 7) is 0.956. The van der Waals surface area contributed by atoms with Crippen molar-refractivity contribution in [1.29, 1.82) is 0 Å². The first-order chi connectivity index (χ1) is 10.8. The van der Waals surface area contributed by atoms with Crippen molar-refractivity contribution in [3.63, 3.8) is 0 Å².